The SMILES string of the molecule is Cc1ccc(Cn2c(=O)c([N+](=O)[O-])c(N3CCN(C(=O)c4cccs4)CC3)c3cc(Cl)ccc32)cc1. The Bertz CT molecular complexity index is 1510. The van der Waals surface area contributed by atoms with Gasteiger partial charge in [-0.15, -0.1) is 11.3 Å². The summed E-state index contributed by atoms with van der Waals surface area (Å²) < 4.78 is 1.44. The number of nitrogens with zero attached hydrogens (tertiary/aromatic N) is 4. The molecular formula is C26H23ClN4O4S. The van der Waals surface area contributed by atoms with E-state index < -0.39 is 16.2 Å². The summed E-state index contributed by atoms with van der Waals surface area (Å²) in [4.78, 5) is 42.2. The molecule has 0 radical (unpaired) electrons. The Labute approximate surface area is 216 Å². The summed E-state index contributed by atoms with van der Waals surface area (Å²) in [6.07, 6.45) is 0. The molecule has 0 saturated carbocycles. The second-order valence-corrected chi connectivity index (χ2v) is 10.1. The molecule has 1 fully saturated rings. The number of thiophene rings is 1. The minimum Gasteiger partial charge on any atom is -0.362 e. The fraction of sp³-hybridized carbons (Fsp3) is 0.231. The molecule has 0 unspecified atom stereocenters. The van der Waals surface area contributed by atoms with Crippen molar-refractivity contribution in [1.29, 1.82) is 0 Å². The average molecular weight is 523 g/mol. The number of aromatic nitrogens is 1. The van der Waals surface area contributed by atoms with Gasteiger partial charge in [0.05, 0.1) is 21.9 Å². The Hall–Kier alpha value is -3.69. The first-order valence-corrected chi connectivity index (χ1v) is 12.7. The number of piperazine rings is 1. The highest BCUT2D eigenvalue weighted by molar-refractivity contribution is 7.12. The molecular weight excluding hydrogens is 500 g/mol. The van der Waals surface area contributed by atoms with Gasteiger partial charge in [-0.05, 0) is 42.1 Å². The topological polar surface area (TPSA) is 88.7 Å². The van der Waals surface area contributed by atoms with E-state index in [2.05, 4.69) is 0 Å². The lowest BCUT2D eigenvalue weighted by Crippen LogP contribution is -2.49. The molecule has 36 heavy (non-hydrogen) atoms. The highest BCUT2D eigenvalue weighted by Gasteiger charge is 2.32. The molecule has 0 bridgehead atoms. The zero-order valence-corrected chi connectivity index (χ0v) is 21.1. The molecule has 2 aromatic carbocycles. The number of carbonyl (C=O) groups excluding carboxylic acids is 1. The molecule has 1 aliphatic heterocycles. The fourth-order valence-electron chi connectivity index (χ4n) is 4.61. The number of anilines is 1. The number of aryl methyl sites for hydroxylation is 1. The van der Waals surface area contributed by atoms with Crippen LogP contribution in [0.25, 0.3) is 10.9 Å². The van der Waals surface area contributed by atoms with E-state index in [1.165, 1.54) is 15.9 Å². The maximum atomic E-state index is 13.6. The molecule has 3 heterocycles. The Kier molecular flexibility index (Phi) is 6.51. The van der Waals surface area contributed by atoms with Crippen molar-refractivity contribution in [2.24, 2.45) is 0 Å². The molecule has 1 amide bonds. The minimum atomic E-state index is -0.664. The number of carbonyl (C=O) groups is 1. The van der Waals surface area contributed by atoms with Crippen LogP contribution in [0.4, 0.5) is 11.4 Å². The van der Waals surface area contributed by atoms with Gasteiger partial charge in [-0.1, -0.05) is 47.5 Å². The van der Waals surface area contributed by atoms with Crippen molar-refractivity contribution >= 4 is 51.1 Å². The lowest BCUT2D eigenvalue weighted by Gasteiger charge is -2.36. The highest BCUT2D eigenvalue weighted by atomic mass is 35.5. The van der Waals surface area contributed by atoms with Crippen LogP contribution in [-0.4, -0.2) is 46.5 Å². The van der Waals surface area contributed by atoms with Crippen LogP contribution < -0.4 is 10.5 Å². The standard InChI is InChI=1S/C26H23ClN4O4S/c1-17-4-6-18(7-5-17)16-30-21-9-8-19(27)15-20(21)23(24(26(30)33)31(34)35)28-10-12-29(13-11-28)25(32)22-3-2-14-36-22/h2-9,14-15H,10-13,16H2,1H3. The number of hydrogen-bond donors (Lipinski definition) is 0. The summed E-state index contributed by atoms with van der Waals surface area (Å²) in [6, 6.07) is 16.4. The molecule has 5 rings (SSSR count). The van der Waals surface area contributed by atoms with E-state index in [0.29, 0.717) is 47.0 Å². The van der Waals surface area contributed by atoms with Crippen LogP contribution >= 0.6 is 22.9 Å². The number of hydrogen-bond acceptors (Lipinski definition) is 6. The third-order valence-corrected chi connectivity index (χ3v) is 7.53. The Morgan fingerprint density at radius 1 is 1.08 bits per heavy atom. The van der Waals surface area contributed by atoms with Crippen molar-refractivity contribution in [3.63, 3.8) is 0 Å². The first-order valence-electron chi connectivity index (χ1n) is 11.5. The first kappa shape index (κ1) is 24.0. The van der Waals surface area contributed by atoms with Crippen LogP contribution in [0.5, 0.6) is 0 Å². The van der Waals surface area contributed by atoms with E-state index in [-0.39, 0.29) is 18.1 Å². The first-order chi connectivity index (χ1) is 17.3. The van der Waals surface area contributed by atoms with Gasteiger partial charge in [-0.25, -0.2) is 0 Å². The third-order valence-electron chi connectivity index (χ3n) is 6.44. The summed E-state index contributed by atoms with van der Waals surface area (Å²) in [6.45, 7) is 3.68. The zero-order valence-electron chi connectivity index (χ0n) is 19.5. The van der Waals surface area contributed by atoms with Gasteiger partial charge in [0.25, 0.3) is 5.91 Å². The van der Waals surface area contributed by atoms with E-state index in [9.17, 15) is 19.7 Å². The van der Waals surface area contributed by atoms with E-state index in [0.717, 1.165) is 11.1 Å². The summed E-state index contributed by atoms with van der Waals surface area (Å²) in [5, 5.41) is 15.1. The molecule has 10 heteroatoms. The molecule has 2 aromatic heterocycles. The van der Waals surface area contributed by atoms with Gasteiger partial charge in [0.15, 0.2) is 0 Å². The number of pyridine rings is 1. The Morgan fingerprint density at radius 3 is 2.44 bits per heavy atom. The quantitative estimate of drug-likeness (QED) is 0.273. The number of nitro groups is 1. The maximum Gasteiger partial charge on any atom is 0.357 e. The van der Waals surface area contributed by atoms with Gasteiger partial charge in [0.2, 0.25) is 0 Å². The van der Waals surface area contributed by atoms with E-state index in [4.69, 9.17) is 11.6 Å². The van der Waals surface area contributed by atoms with Gasteiger partial charge < -0.3 is 9.80 Å². The molecule has 0 atom stereocenters. The summed E-state index contributed by atoms with van der Waals surface area (Å²) in [5.74, 6) is -0.0550. The molecule has 0 spiro atoms. The number of fused-ring (bicyclic) bond motifs is 1. The van der Waals surface area contributed by atoms with Crippen LogP contribution in [0.3, 0.4) is 0 Å². The summed E-state index contributed by atoms with van der Waals surface area (Å²) in [7, 11) is 0. The minimum absolute atomic E-state index is 0.0550. The normalized spacial score (nSPS) is 13.8. The maximum absolute atomic E-state index is 13.6. The predicted molar refractivity (Wildman–Crippen MR) is 143 cm³/mol. The van der Waals surface area contributed by atoms with Crippen molar-refractivity contribution < 1.29 is 9.72 Å². The van der Waals surface area contributed by atoms with Crippen LogP contribution in [0.2, 0.25) is 5.02 Å². The monoisotopic (exact) mass is 522 g/mol. The number of halogens is 1. The van der Waals surface area contributed by atoms with Crippen molar-refractivity contribution in [3.05, 3.63) is 101 Å². The Morgan fingerprint density at radius 2 is 1.81 bits per heavy atom. The van der Waals surface area contributed by atoms with Gasteiger partial charge in [-0.2, -0.15) is 0 Å². The average Bonchev–Trinajstić information content (AvgIpc) is 3.41. The molecule has 4 aromatic rings. The van der Waals surface area contributed by atoms with Crippen molar-refractivity contribution in [2.75, 3.05) is 31.1 Å². The summed E-state index contributed by atoms with van der Waals surface area (Å²) >= 11 is 7.71. The van der Waals surface area contributed by atoms with E-state index in [1.807, 2.05) is 47.5 Å². The number of amides is 1. The van der Waals surface area contributed by atoms with Crippen LogP contribution in [0.15, 0.2) is 64.8 Å². The Balaban J connectivity index is 1.57. The van der Waals surface area contributed by atoms with Crippen LogP contribution in [0.1, 0.15) is 20.8 Å². The molecule has 8 nitrogen and oxygen atoms in total. The lowest BCUT2D eigenvalue weighted by molar-refractivity contribution is -0.385. The smallest absolute Gasteiger partial charge is 0.357 e. The molecule has 0 N–H and O–H groups in total. The molecule has 1 aliphatic rings. The van der Waals surface area contributed by atoms with Crippen molar-refractivity contribution in [1.82, 2.24) is 9.47 Å². The predicted octanol–water partition coefficient (Wildman–Crippen LogP) is 4.94. The summed E-state index contributed by atoms with van der Waals surface area (Å²) in [5.41, 5.74) is 1.63. The molecule has 0 aliphatic carbocycles. The second-order valence-electron chi connectivity index (χ2n) is 8.75. The lowest BCUT2D eigenvalue weighted by atomic mass is 10.1. The van der Waals surface area contributed by atoms with Crippen LogP contribution in [-0.2, 0) is 6.54 Å². The van der Waals surface area contributed by atoms with Gasteiger partial charge >= 0.3 is 11.2 Å². The van der Waals surface area contributed by atoms with Gasteiger partial charge in [-0.3, -0.25) is 24.3 Å². The van der Waals surface area contributed by atoms with Crippen molar-refractivity contribution in [3.8, 4) is 0 Å². The zero-order chi connectivity index (χ0) is 25.4. The largest absolute Gasteiger partial charge is 0.362 e. The van der Waals surface area contributed by atoms with Gasteiger partial charge in [0, 0.05) is 36.6 Å². The van der Waals surface area contributed by atoms with Crippen LogP contribution in [0, 0.1) is 17.0 Å². The van der Waals surface area contributed by atoms with Crippen molar-refractivity contribution in [2.45, 2.75) is 13.5 Å². The molecule has 1 saturated heterocycles. The second kappa shape index (κ2) is 9.75. The van der Waals surface area contributed by atoms with E-state index >= 15 is 0 Å². The molecule has 184 valence electrons. The number of benzene rings is 2. The number of rotatable bonds is 5. The van der Waals surface area contributed by atoms with Gasteiger partial charge in [0.1, 0.15) is 5.69 Å². The third kappa shape index (κ3) is 4.47. The van der Waals surface area contributed by atoms with E-state index in [1.54, 1.807) is 29.2 Å². The highest BCUT2D eigenvalue weighted by Crippen LogP contribution is 2.36. The fourth-order valence-corrected chi connectivity index (χ4v) is 5.47.